The van der Waals surface area contributed by atoms with Gasteiger partial charge >= 0.3 is 0 Å². The highest BCUT2D eigenvalue weighted by molar-refractivity contribution is 5.94. The standard InChI is InChI=1S/C17H26N2O.C8H13F.C2H6/c1-3-12-18(4-2)14-16-11-8-13-19(16)17(20)15-9-6-5-7-10-15;1-4-6-8(9)7(3)5-2;1-2/h5-7,9-10,16H,3-4,8,11-14H2,1-2H3;4,6H,5H2,1-3H3;1-2H3/b;6-4-,8-7-;. The number of allylic oxidation sites excluding steroid dienone is 4. The van der Waals surface area contributed by atoms with Gasteiger partial charge in [-0.3, -0.25) is 4.79 Å². The number of halogens is 1. The molecule has 1 amide bonds. The van der Waals surface area contributed by atoms with Gasteiger partial charge in [-0.2, -0.15) is 0 Å². The minimum atomic E-state index is -0.0972. The SMILES string of the molecule is C/C=C\C(F)=C(/C)CC.CC.CCCN(CC)CC1CCCN1C(=O)c1ccccc1. The summed E-state index contributed by atoms with van der Waals surface area (Å²) in [5.41, 5.74) is 1.63. The molecule has 1 aliphatic rings. The van der Waals surface area contributed by atoms with Gasteiger partial charge in [0, 0.05) is 24.7 Å². The van der Waals surface area contributed by atoms with Crippen molar-refractivity contribution < 1.29 is 9.18 Å². The van der Waals surface area contributed by atoms with Gasteiger partial charge in [-0.25, -0.2) is 4.39 Å². The summed E-state index contributed by atoms with van der Waals surface area (Å²) in [5, 5.41) is 0. The fourth-order valence-corrected chi connectivity index (χ4v) is 3.49. The van der Waals surface area contributed by atoms with Crippen molar-refractivity contribution >= 4 is 5.91 Å². The number of likely N-dealkylation sites (N-methyl/N-ethyl adjacent to an activating group) is 1. The van der Waals surface area contributed by atoms with Crippen LogP contribution in [0.3, 0.4) is 0 Å². The average Bonchev–Trinajstić information content (AvgIpc) is 3.28. The first-order valence-corrected chi connectivity index (χ1v) is 12.0. The largest absolute Gasteiger partial charge is 0.334 e. The molecule has 31 heavy (non-hydrogen) atoms. The Kier molecular flexibility index (Phi) is 16.6. The summed E-state index contributed by atoms with van der Waals surface area (Å²) in [4.78, 5) is 17.1. The van der Waals surface area contributed by atoms with Crippen LogP contribution in [0.5, 0.6) is 0 Å². The Morgan fingerprint density at radius 2 is 1.84 bits per heavy atom. The molecule has 1 atom stereocenters. The van der Waals surface area contributed by atoms with E-state index in [1.807, 2.05) is 58.0 Å². The predicted molar refractivity (Wildman–Crippen MR) is 133 cm³/mol. The summed E-state index contributed by atoms with van der Waals surface area (Å²) < 4.78 is 12.6. The van der Waals surface area contributed by atoms with E-state index in [9.17, 15) is 9.18 Å². The average molecular weight is 433 g/mol. The molecule has 1 aromatic carbocycles. The third-order valence-electron chi connectivity index (χ3n) is 5.37. The molecule has 1 unspecified atom stereocenters. The van der Waals surface area contributed by atoms with Crippen LogP contribution in [0.25, 0.3) is 0 Å². The van der Waals surface area contributed by atoms with E-state index in [2.05, 4.69) is 23.6 Å². The second-order valence-corrected chi connectivity index (χ2v) is 7.54. The molecular formula is C27H45FN2O. The minimum Gasteiger partial charge on any atom is -0.334 e. The molecule has 4 heteroatoms. The molecule has 0 bridgehead atoms. The second kappa shape index (κ2) is 17.7. The Balaban J connectivity index is 0.000000692. The number of benzene rings is 1. The number of amides is 1. The lowest BCUT2D eigenvalue weighted by Gasteiger charge is -2.30. The quantitative estimate of drug-likeness (QED) is 0.403. The Morgan fingerprint density at radius 1 is 1.19 bits per heavy atom. The molecule has 176 valence electrons. The molecule has 3 nitrogen and oxygen atoms in total. The lowest BCUT2D eigenvalue weighted by molar-refractivity contribution is 0.0702. The van der Waals surface area contributed by atoms with E-state index in [1.54, 1.807) is 13.0 Å². The molecule has 0 aromatic heterocycles. The van der Waals surface area contributed by atoms with Gasteiger partial charge in [0.15, 0.2) is 0 Å². The highest BCUT2D eigenvalue weighted by Gasteiger charge is 2.30. The molecule has 1 aromatic rings. The van der Waals surface area contributed by atoms with Crippen LogP contribution in [0.1, 0.15) is 84.5 Å². The van der Waals surface area contributed by atoms with Gasteiger partial charge in [0.1, 0.15) is 5.83 Å². The molecule has 1 fully saturated rings. The molecule has 1 heterocycles. The van der Waals surface area contributed by atoms with Gasteiger partial charge in [0.25, 0.3) is 5.91 Å². The van der Waals surface area contributed by atoms with Crippen LogP contribution >= 0.6 is 0 Å². The maximum atomic E-state index is 12.6. The van der Waals surface area contributed by atoms with Crippen LogP contribution in [0, 0.1) is 0 Å². The van der Waals surface area contributed by atoms with Crippen LogP contribution < -0.4 is 0 Å². The molecule has 0 radical (unpaired) electrons. The highest BCUT2D eigenvalue weighted by atomic mass is 19.1. The van der Waals surface area contributed by atoms with E-state index >= 15 is 0 Å². The molecule has 1 aliphatic heterocycles. The molecule has 0 saturated carbocycles. The van der Waals surface area contributed by atoms with Crippen molar-refractivity contribution in [2.75, 3.05) is 26.2 Å². The lowest BCUT2D eigenvalue weighted by atomic mass is 10.1. The molecule has 1 saturated heterocycles. The monoisotopic (exact) mass is 432 g/mol. The molecule has 2 rings (SSSR count). The fraction of sp³-hybridized carbons (Fsp3) is 0.593. The Morgan fingerprint density at radius 3 is 2.35 bits per heavy atom. The first kappa shape index (κ1) is 29.1. The highest BCUT2D eigenvalue weighted by Crippen LogP contribution is 2.21. The van der Waals surface area contributed by atoms with Crippen molar-refractivity contribution in [1.29, 1.82) is 0 Å². The van der Waals surface area contributed by atoms with Gasteiger partial charge in [-0.05, 0) is 76.4 Å². The zero-order valence-electron chi connectivity index (χ0n) is 21.0. The summed E-state index contributed by atoms with van der Waals surface area (Å²) >= 11 is 0. The maximum Gasteiger partial charge on any atom is 0.254 e. The van der Waals surface area contributed by atoms with E-state index in [4.69, 9.17) is 0 Å². The number of likely N-dealkylation sites (tertiary alicyclic amines) is 1. The fourth-order valence-electron chi connectivity index (χ4n) is 3.49. The Labute approximate surface area is 191 Å². The van der Waals surface area contributed by atoms with Crippen LogP contribution in [0.4, 0.5) is 4.39 Å². The van der Waals surface area contributed by atoms with Crippen LogP contribution in [-0.2, 0) is 0 Å². The summed E-state index contributed by atoms with van der Waals surface area (Å²) in [6.45, 7) is 18.1. The smallest absolute Gasteiger partial charge is 0.254 e. The van der Waals surface area contributed by atoms with Crippen molar-refractivity contribution in [3.8, 4) is 0 Å². The summed E-state index contributed by atoms with van der Waals surface area (Å²) in [7, 11) is 0. The topological polar surface area (TPSA) is 23.6 Å². The number of carbonyl (C=O) groups excluding carboxylic acids is 1. The molecule has 0 N–H and O–H groups in total. The van der Waals surface area contributed by atoms with Gasteiger partial charge in [-0.15, -0.1) is 0 Å². The first-order valence-electron chi connectivity index (χ1n) is 12.0. The number of rotatable bonds is 8. The third kappa shape index (κ3) is 10.8. The van der Waals surface area contributed by atoms with Gasteiger partial charge in [0.2, 0.25) is 0 Å². The van der Waals surface area contributed by atoms with Crippen molar-refractivity contribution in [2.45, 2.75) is 80.2 Å². The molecule has 0 spiro atoms. The number of nitrogens with zero attached hydrogens (tertiary/aromatic N) is 2. The third-order valence-corrected chi connectivity index (χ3v) is 5.37. The maximum absolute atomic E-state index is 12.6. The van der Waals surface area contributed by atoms with E-state index in [0.717, 1.165) is 56.6 Å². The summed E-state index contributed by atoms with van der Waals surface area (Å²) in [5.74, 6) is 0.0978. The summed E-state index contributed by atoms with van der Waals surface area (Å²) in [6.07, 6.45) is 7.42. The Hall–Kier alpha value is -1.94. The van der Waals surface area contributed by atoms with Crippen LogP contribution in [-0.4, -0.2) is 47.9 Å². The van der Waals surface area contributed by atoms with Gasteiger partial charge < -0.3 is 9.80 Å². The van der Waals surface area contributed by atoms with E-state index in [1.165, 1.54) is 12.5 Å². The lowest BCUT2D eigenvalue weighted by Crippen LogP contribution is -2.43. The van der Waals surface area contributed by atoms with Crippen molar-refractivity contribution in [3.05, 3.63) is 59.4 Å². The van der Waals surface area contributed by atoms with Crippen LogP contribution in [0.15, 0.2) is 53.9 Å². The summed E-state index contributed by atoms with van der Waals surface area (Å²) in [6, 6.07) is 10.1. The van der Waals surface area contributed by atoms with Crippen molar-refractivity contribution in [3.63, 3.8) is 0 Å². The van der Waals surface area contributed by atoms with E-state index in [0.29, 0.717) is 6.04 Å². The van der Waals surface area contributed by atoms with Crippen molar-refractivity contribution in [1.82, 2.24) is 9.80 Å². The number of hydrogen-bond donors (Lipinski definition) is 0. The molecular weight excluding hydrogens is 387 g/mol. The first-order chi connectivity index (χ1) is 15.0. The minimum absolute atomic E-state index is 0.0972. The predicted octanol–water partition coefficient (Wildman–Crippen LogP) is 7.27. The van der Waals surface area contributed by atoms with E-state index in [-0.39, 0.29) is 11.7 Å². The van der Waals surface area contributed by atoms with Crippen LogP contribution in [0.2, 0.25) is 0 Å². The van der Waals surface area contributed by atoms with Gasteiger partial charge in [-0.1, -0.05) is 58.9 Å². The Bertz CT molecular complexity index is 654. The zero-order chi connectivity index (χ0) is 23.6. The number of carbonyl (C=O) groups is 1. The zero-order valence-corrected chi connectivity index (χ0v) is 21.0. The molecule has 0 aliphatic carbocycles. The van der Waals surface area contributed by atoms with E-state index < -0.39 is 0 Å². The number of hydrogen-bond acceptors (Lipinski definition) is 2. The van der Waals surface area contributed by atoms with Crippen molar-refractivity contribution in [2.24, 2.45) is 0 Å². The second-order valence-electron chi connectivity index (χ2n) is 7.54. The van der Waals surface area contributed by atoms with Gasteiger partial charge in [0.05, 0.1) is 0 Å². The normalized spacial score (nSPS) is 16.4.